The molecule has 0 aromatic rings. The number of hydrogen-bond donors (Lipinski definition) is 1. The maximum atomic E-state index is 11.3. The minimum atomic E-state index is -0.414. The molecule has 1 aliphatic heterocycles. The summed E-state index contributed by atoms with van der Waals surface area (Å²) in [5, 5.41) is 8.45. The van der Waals surface area contributed by atoms with Gasteiger partial charge in [0.1, 0.15) is 0 Å². The van der Waals surface area contributed by atoms with Gasteiger partial charge in [0.25, 0.3) is 0 Å². The van der Waals surface area contributed by atoms with Gasteiger partial charge in [-0.3, -0.25) is 4.89 Å². The first-order valence-electron chi connectivity index (χ1n) is 5.04. The van der Waals surface area contributed by atoms with Crippen LogP contribution >= 0.6 is 0 Å². The first kappa shape index (κ1) is 11.3. The molecule has 0 radical (unpaired) electrons. The van der Waals surface area contributed by atoms with E-state index < -0.39 is 6.09 Å². The lowest BCUT2D eigenvalue weighted by Gasteiger charge is -2.24. The SMILES string of the molecule is O=C(OOCCCO)N1CCCCC1. The van der Waals surface area contributed by atoms with E-state index in [9.17, 15) is 4.79 Å². The Balaban J connectivity index is 2.07. The molecule has 82 valence electrons. The predicted molar refractivity (Wildman–Crippen MR) is 49.6 cm³/mol. The molecule has 0 aromatic carbocycles. The molecule has 1 amide bonds. The van der Waals surface area contributed by atoms with Gasteiger partial charge in [-0.2, -0.15) is 4.89 Å². The van der Waals surface area contributed by atoms with Crippen molar-refractivity contribution in [3.8, 4) is 0 Å². The van der Waals surface area contributed by atoms with Gasteiger partial charge >= 0.3 is 6.09 Å². The second-order valence-electron chi connectivity index (χ2n) is 3.30. The van der Waals surface area contributed by atoms with E-state index in [4.69, 9.17) is 5.11 Å². The van der Waals surface area contributed by atoms with E-state index in [-0.39, 0.29) is 13.2 Å². The molecule has 1 fully saturated rings. The Morgan fingerprint density at radius 1 is 1.29 bits per heavy atom. The fraction of sp³-hybridized carbons (Fsp3) is 0.889. The fourth-order valence-electron chi connectivity index (χ4n) is 1.34. The molecular formula is C9H17NO4. The van der Waals surface area contributed by atoms with Crippen LogP contribution in [0.5, 0.6) is 0 Å². The molecule has 0 aromatic heterocycles. The summed E-state index contributed by atoms with van der Waals surface area (Å²) in [6.45, 7) is 1.79. The largest absolute Gasteiger partial charge is 0.441 e. The van der Waals surface area contributed by atoms with Crippen LogP contribution < -0.4 is 0 Å². The maximum absolute atomic E-state index is 11.3. The Morgan fingerprint density at radius 3 is 2.64 bits per heavy atom. The van der Waals surface area contributed by atoms with Crippen LogP contribution in [0.1, 0.15) is 25.7 Å². The quantitative estimate of drug-likeness (QED) is 0.419. The van der Waals surface area contributed by atoms with Crippen molar-refractivity contribution >= 4 is 6.09 Å². The second-order valence-corrected chi connectivity index (χ2v) is 3.30. The lowest BCUT2D eigenvalue weighted by Crippen LogP contribution is -2.36. The van der Waals surface area contributed by atoms with Gasteiger partial charge in [0.2, 0.25) is 0 Å². The van der Waals surface area contributed by atoms with Crippen molar-refractivity contribution in [1.29, 1.82) is 0 Å². The van der Waals surface area contributed by atoms with Gasteiger partial charge in [0.05, 0.1) is 6.61 Å². The highest BCUT2D eigenvalue weighted by molar-refractivity contribution is 5.66. The smallest absolute Gasteiger partial charge is 0.396 e. The van der Waals surface area contributed by atoms with Crippen molar-refractivity contribution in [3.63, 3.8) is 0 Å². The van der Waals surface area contributed by atoms with Crippen LogP contribution in [0.25, 0.3) is 0 Å². The third kappa shape index (κ3) is 3.93. The van der Waals surface area contributed by atoms with Crippen molar-refractivity contribution in [2.24, 2.45) is 0 Å². The van der Waals surface area contributed by atoms with Crippen molar-refractivity contribution < 1.29 is 19.7 Å². The summed E-state index contributed by atoms with van der Waals surface area (Å²) < 4.78 is 0. The number of carbonyl (C=O) groups excluding carboxylic acids is 1. The van der Waals surface area contributed by atoms with Crippen molar-refractivity contribution in [1.82, 2.24) is 4.90 Å². The van der Waals surface area contributed by atoms with Crippen molar-refractivity contribution in [2.75, 3.05) is 26.3 Å². The third-order valence-electron chi connectivity index (χ3n) is 2.13. The first-order chi connectivity index (χ1) is 6.84. The van der Waals surface area contributed by atoms with Crippen LogP contribution in [0.15, 0.2) is 0 Å². The molecule has 0 aliphatic carbocycles. The van der Waals surface area contributed by atoms with Gasteiger partial charge < -0.3 is 10.0 Å². The van der Waals surface area contributed by atoms with E-state index in [0.29, 0.717) is 6.42 Å². The molecule has 5 heteroatoms. The Labute approximate surface area is 83.5 Å². The van der Waals surface area contributed by atoms with Crippen LogP contribution in [0, 0.1) is 0 Å². The number of aliphatic hydroxyl groups is 1. The normalized spacial score (nSPS) is 16.8. The summed E-state index contributed by atoms with van der Waals surface area (Å²) in [5.74, 6) is 0. The average Bonchev–Trinajstić information content (AvgIpc) is 2.25. The number of nitrogens with zero attached hydrogens (tertiary/aromatic N) is 1. The minimum Gasteiger partial charge on any atom is -0.396 e. The number of rotatable bonds is 4. The van der Waals surface area contributed by atoms with Crippen molar-refractivity contribution in [3.05, 3.63) is 0 Å². The van der Waals surface area contributed by atoms with E-state index in [0.717, 1.165) is 25.9 Å². The number of carbonyl (C=O) groups is 1. The molecule has 1 N–H and O–H groups in total. The Bertz CT molecular complexity index is 168. The zero-order valence-electron chi connectivity index (χ0n) is 8.28. The number of amides is 1. The van der Waals surface area contributed by atoms with Crippen molar-refractivity contribution in [2.45, 2.75) is 25.7 Å². The van der Waals surface area contributed by atoms with Crippen LogP contribution in [-0.4, -0.2) is 42.4 Å². The van der Waals surface area contributed by atoms with E-state index >= 15 is 0 Å². The molecule has 14 heavy (non-hydrogen) atoms. The zero-order valence-corrected chi connectivity index (χ0v) is 8.28. The summed E-state index contributed by atoms with van der Waals surface area (Å²) >= 11 is 0. The highest BCUT2D eigenvalue weighted by Crippen LogP contribution is 2.09. The van der Waals surface area contributed by atoms with E-state index in [1.807, 2.05) is 0 Å². The maximum Gasteiger partial charge on any atom is 0.441 e. The monoisotopic (exact) mass is 203 g/mol. The average molecular weight is 203 g/mol. The lowest BCUT2D eigenvalue weighted by molar-refractivity contribution is -0.247. The molecule has 1 aliphatic rings. The summed E-state index contributed by atoms with van der Waals surface area (Å²) in [4.78, 5) is 22.1. The fourth-order valence-corrected chi connectivity index (χ4v) is 1.34. The zero-order chi connectivity index (χ0) is 10.2. The molecule has 1 saturated heterocycles. The minimum absolute atomic E-state index is 0.0429. The molecule has 0 bridgehead atoms. The predicted octanol–water partition coefficient (Wildman–Crippen LogP) is 0.923. The number of likely N-dealkylation sites (tertiary alicyclic amines) is 1. The van der Waals surface area contributed by atoms with Crippen LogP contribution in [-0.2, 0) is 9.78 Å². The molecule has 5 nitrogen and oxygen atoms in total. The number of aliphatic hydroxyl groups excluding tert-OH is 1. The van der Waals surface area contributed by atoms with Gasteiger partial charge in [-0.1, -0.05) is 0 Å². The second kappa shape index (κ2) is 6.62. The molecule has 0 spiro atoms. The highest BCUT2D eigenvalue weighted by atomic mass is 17.2. The van der Waals surface area contributed by atoms with E-state index in [2.05, 4.69) is 9.78 Å². The van der Waals surface area contributed by atoms with E-state index in [1.165, 1.54) is 6.42 Å². The molecule has 1 heterocycles. The third-order valence-corrected chi connectivity index (χ3v) is 2.13. The summed E-state index contributed by atoms with van der Waals surface area (Å²) in [6.07, 6.45) is 3.31. The molecule has 0 saturated carbocycles. The first-order valence-corrected chi connectivity index (χ1v) is 5.04. The summed E-state index contributed by atoms with van der Waals surface area (Å²) in [6, 6.07) is 0. The molecular weight excluding hydrogens is 186 g/mol. The van der Waals surface area contributed by atoms with Gasteiger partial charge in [-0.15, -0.1) is 0 Å². The Kier molecular flexibility index (Phi) is 5.32. The molecule has 0 unspecified atom stereocenters. The van der Waals surface area contributed by atoms with Gasteiger partial charge in [-0.05, 0) is 25.7 Å². The van der Waals surface area contributed by atoms with E-state index in [1.54, 1.807) is 4.90 Å². The lowest BCUT2D eigenvalue weighted by atomic mass is 10.1. The molecule has 1 rings (SSSR count). The standard InChI is InChI=1S/C9H17NO4/c11-7-4-8-13-14-9(12)10-5-2-1-3-6-10/h11H,1-8H2. The van der Waals surface area contributed by atoms with Crippen LogP contribution in [0.4, 0.5) is 4.79 Å². The van der Waals surface area contributed by atoms with Crippen LogP contribution in [0.2, 0.25) is 0 Å². The Morgan fingerprint density at radius 2 is 2.00 bits per heavy atom. The Hall–Kier alpha value is -0.810. The molecule has 0 atom stereocenters. The summed E-state index contributed by atoms with van der Waals surface area (Å²) in [5.41, 5.74) is 0. The van der Waals surface area contributed by atoms with Gasteiger partial charge in [-0.25, -0.2) is 4.79 Å². The van der Waals surface area contributed by atoms with Gasteiger partial charge in [0.15, 0.2) is 0 Å². The highest BCUT2D eigenvalue weighted by Gasteiger charge is 2.18. The van der Waals surface area contributed by atoms with Gasteiger partial charge in [0, 0.05) is 19.7 Å². The van der Waals surface area contributed by atoms with Crippen LogP contribution in [0.3, 0.4) is 0 Å². The number of hydrogen-bond acceptors (Lipinski definition) is 4. The summed E-state index contributed by atoms with van der Waals surface area (Å²) in [7, 11) is 0. The number of piperidine rings is 1. The topological polar surface area (TPSA) is 59.0 Å².